The summed E-state index contributed by atoms with van der Waals surface area (Å²) in [7, 11) is 0. The van der Waals surface area contributed by atoms with Gasteiger partial charge in [0.1, 0.15) is 24.7 Å². The lowest BCUT2D eigenvalue weighted by atomic mass is 9.84. The fourth-order valence-electron chi connectivity index (χ4n) is 3.28. The number of carboxylic acid groups (broad SMARTS) is 1. The van der Waals surface area contributed by atoms with Gasteiger partial charge in [-0.25, -0.2) is 4.79 Å². The number of ether oxygens (including phenoxy) is 2. The van der Waals surface area contributed by atoms with Crippen LogP contribution in [0.5, 0.6) is 11.5 Å². The van der Waals surface area contributed by atoms with E-state index in [9.17, 15) is 4.79 Å². The molecule has 0 saturated heterocycles. The fourth-order valence-corrected chi connectivity index (χ4v) is 3.28. The summed E-state index contributed by atoms with van der Waals surface area (Å²) in [6.45, 7) is 0.861. The van der Waals surface area contributed by atoms with E-state index in [-0.39, 0.29) is 5.56 Å². The molecule has 3 rings (SSSR count). The molecule has 0 amide bonds. The van der Waals surface area contributed by atoms with Gasteiger partial charge >= 0.3 is 5.97 Å². The molecule has 2 aromatic carbocycles. The van der Waals surface area contributed by atoms with Crippen molar-refractivity contribution in [1.82, 2.24) is 0 Å². The minimum atomic E-state index is -0.938. The third kappa shape index (κ3) is 4.99. The molecule has 0 bridgehead atoms. The monoisotopic (exact) mass is 340 g/mol. The van der Waals surface area contributed by atoms with Gasteiger partial charge in [-0.15, -0.1) is 0 Å². The van der Waals surface area contributed by atoms with Crippen molar-refractivity contribution in [3.8, 4) is 11.5 Å². The van der Waals surface area contributed by atoms with E-state index < -0.39 is 5.97 Å². The van der Waals surface area contributed by atoms with E-state index in [1.165, 1.54) is 49.8 Å². The Balaban J connectivity index is 1.42. The third-order valence-corrected chi connectivity index (χ3v) is 4.68. The zero-order valence-corrected chi connectivity index (χ0v) is 14.3. The van der Waals surface area contributed by atoms with Crippen molar-refractivity contribution in [2.24, 2.45) is 0 Å². The quantitative estimate of drug-likeness (QED) is 0.729. The number of hydrogen-bond acceptors (Lipinski definition) is 3. The van der Waals surface area contributed by atoms with Crippen LogP contribution in [0, 0.1) is 0 Å². The smallest absolute Gasteiger partial charge is 0.335 e. The molecule has 0 aromatic heterocycles. The summed E-state index contributed by atoms with van der Waals surface area (Å²) >= 11 is 0. The van der Waals surface area contributed by atoms with Gasteiger partial charge in [0.2, 0.25) is 0 Å². The lowest BCUT2D eigenvalue weighted by molar-refractivity contribution is 0.0697. The normalized spacial score (nSPS) is 14.9. The van der Waals surface area contributed by atoms with Crippen molar-refractivity contribution in [2.45, 2.75) is 38.0 Å². The highest BCUT2D eigenvalue weighted by Gasteiger charge is 2.15. The Kier molecular flexibility index (Phi) is 5.94. The maximum atomic E-state index is 10.8. The molecule has 25 heavy (non-hydrogen) atoms. The molecule has 1 aliphatic rings. The lowest BCUT2D eigenvalue weighted by Gasteiger charge is -2.22. The number of carbonyl (C=O) groups is 1. The van der Waals surface area contributed by atoms with Gasteiger partial charge in [-0.2, -0.15) is 0 Å². The van der Waals surface area contributed by atoms with Crippen LogP contribution in [0.15, 0.2) is 48.5 Å². The molecule has 0 radical (unpaired) electrons. The Bertz CT molecular complexity index is 670. The summed E-state index contributed by atoms with van der Waals surface area (Å²) in [5, 5.41) is 8.86. The van der Waals surface area contributed by atoms with Crippen LogP contribution in [-0.4, -0.2) is 24.3 Å². The Labute approximate surface area is 148 Å². The number of benzene rings is 2. The van der Waals surface area contributed by atoms with E-state index in [4.69, 9.17) is 14.6 Å². The van der Waals surface area contributed by atoms with Crippen molar-refractivity contribution >= 4 is 5.97 Å². The summed E-state index contributed by atoms with van der Waals surface area (Å²) in [5.74, 6) is 1.26. The molecule has 1 fully saturated rings. The Morgan fingerprint density at radius 1 is 0.840 bits per heavy atom. The molecule has 0 aliphatic heterocycles. The van der Waals surface area contributed by atoms with Gasteiger partial charge in [-0.1, -0.05) is 31.4 Å². The maximum absolute atomic E-state index is 10.8. The lowest BCUT2D eigenvalue weighted by Crippen LogP contribution is -2.09. The molecule has 2 aromatic rings. The molecule has 1 saturated carbocycles. The molecule has 4 nitrogen and oxygen atoms in total. The zero-order valence-electron chi connectivity index (χ0n) is 14.3. The van der Waals surface area contributed by atoms with Crippen molar-refractivity contribution in [3.63, 3.8) is 0 Å². The van der Waals surface area contributed by atoms with Crippen LogP contribution in [-0.2, 0) is 0 Å². The highest BCUT2D eigenvalue weighted by molar-refractivity contribution is 5.87. The van der Waals surface area contributed by atoms with E-state index in [1.54, 1.807) is 12.1 Å². The highest BCUT2D eigenvalue weighted by Crippen LogP contribution is 2.33. The molecule has 0 heterocycles. The summed E-state index contributed by atoms with van der Waals surface area (Å²) < 4.78 is 11.3. The minimum absolute atomic E-state index is 0.252. The Morgan fingerprint density at radius 2 is 1.36 bits per heavy atom. The van der Waals surface area contributed by atoms with E-state index >= 15 is 0 Å². The van der Waals surface area contributed by atoms with Crippen molar-refractivity contribution in [2.75, 3.05) is 13.2 Å². The van der Waals surface area contributed by atoms with Crippen LogP contribution in [0.4, 0.5) is 0 Å². The van der Waals surface area contributed by atoms with Crippen LogP contribution in [0.2, 0.25) is 0 Å². The summed E-state index contributed by atoms with van der Waals surface area (Å²) in [5.41, 5.74) is 1.67. The van der Waals surface area contributed by atoms with Crippen molar-refractivity contribution in [3.05, 3.63) is 59.7 Å². The molecule has 132 valence electrons. The zero-order chi connectivity index (χ0) is 17.5. The van der Waals surface area contributed by atoms with Crippen LogP contribution in [0.3, 0.4) is 0 Å². The van der Waals surface area contributed by atoms with Gasteiger partial charge in [-0.3, -0.25) is 0 Å². The predicted molar refractivity (Wildman–Crippen MR) is 96.7 cm³/mol. The average molecular weight is 340 g/mol. The first-order valence-electron chi connectivity index (χ1n) is 8.91. The second-order valence-corrected chi connectivity index (χ2v) is 6.43. The molecule has 0 atom stereocenters. The van der Waals surface area contributed by atoms with E-state index in [0.29, 0.717) is 24.9 Å². The molecule has 1 aliphatic carbocycles. The third-order valence-electron chi connectivity index (χ3n) is 4.68. The standard InChI is InChI=1S/C21H24O4/c22-21(23)18-8-12-20(13-9-18)25-15-14-24-19-10-6-17(7-11-19)16-4-2-1-3-5-16/h6-13,16H,1-5,14-15H2,(H,22,23). The Hall–Kier alpha value is -2.49. The van der Waals surface area contributed by atoms with Gasteiger partial charge in [0.05, 0.1) is 5.56 Å². The first kappa shape index (κ1) is 17.3. The first-order chi connectivity index (χ1) is 12.2. The minimum Gasteiger partial charge on any atom is -0.490 e. The van der Waals surface area contributed by atoms with Crippen molar-refractivity contribution in [1.29, 1.82) is 0 Å². The molecular formula is C21H24O4. The summed E-state index contributed by atoms with van der Waals surface area (Å²) in [4.78, 5) is 10.8. The van der Waals surface area contributed by atoms with E-state index in [2.05, 4.69) is 12.1 Å². The maximum Gasteiger partial charge on any atom is 0.335 e. The van der Waals surface area contributed by atoms with Gasteiger partial charge in [0, 0.05) is 0 Å². The summed E-state index contributed by atoms with van der Waals surface area (Å²) in [6.07, 6.45) is 6.65. The SMILES string of the molecule is O=C(O)c1ccc(OCCOc2ccc(C3CCCCC3)cc2)cc1. The van der Waals surface area contributed by atoms with Gasteiger partial charge in [0.15, 0.2) is 0 Å². The van der Waals surface area contributed by atoms with E-state index in [1.807, 2.05) is 12.1 Å². The topological polar surface area (TPSA) is 55.8 Å². The van der Waals surface area contributed by atoms with Crippen LogP contribution in [0.25, 0.3) is 0 Å². The van der Waals surface area contributed by atoms with Crippen LogP contribution >= 0.6 is 0 Å². The van der Waals surface area contributed by atoms with Gasteiger partial charge in [-0.05, 0) is 60.7 Å². The molecule has 4 heteroatoms. The Morgan fingerprint density at radius 3 is 1.88 bits per heavy atom. The summed E-state index contributed by atoms with van der Waals surface area (Å²) in [6, 6.07) is 14.8. The number of hydrogen-bond donors (Lipinski definition) is 1. The number of aromatic carboxylic acids is 1. The van der Waals surface area contributed by atoms with Crippen molar-refractivity contribution < 1.29 is 19.4 Å². The number of rotatable bonds is 7. The average Bonchev–Trinajstić information content (AvgIpc) is 2.67. The molecular weight excluding hydrogens is 316 g/mol. The van der Waals surface area contributed by atoms with Crippen LogP contribution < -0.4 is 9.47 Å². The first-order valence-corrected chi connectivity index (χ1v) is 8.91. The molecule has 1 N–H and O–H groups in total. The van der Waals surface area contributed by atoms with Gasteiger partial charge in [0.25, 0.3) is 0 Å². The predicted octanol–water partition coefficient (Wildman–Crippen LogP) is 4.89. The second-order valence-electron chi connectivity index (χ2n) is 6.43. The van der Waals surface area contributed by atoms with E-state index in [0.717, 1.165) is 5.75 Å². The molecule has 0 spiro atoms. The van der Waals surface area contributed by atoms with Crippen LogP contribution in [0.1, 0.15) is 53.9 Å². The number of carboxylic acids is 1. The second kappa shape index (κ2) is 8.56. The van der Waals surface area contributed by atoms with Gasteiger partial charge < -0.3 is 14.6 Å². The molecule has 0 unspecified atom stereocenters. The largest absolute Gasteiger partial charge is 0.490 e. The highest BCUT2D eigenvalue weighted by atomic mass is 16.5. The fraction of sp³-hybridized carbons (Fsp3) is 0.381.